The van der Waals surface area contributed by atoms with Gasteiger partial charge in [0, 0.05) is 38.8 Å². The van der Waals surface area contributed by atoms with Gasteiger partial charge in [-0.1, -0.05) is 56.0 Å². The summed E-state index contributed by atoms with van der Waals surface area (Å²) < 4.78 is 15.9. The van der Waals surface area contributed by atoms with Crippen LogP contribution in [0.2, 0.25) is 0 Å². The summed E-state index contributed by atoms with van der Waals surface area (Å²) in [6, 6.07) is 10.2. The summed E-state index contributed by atoms with van der Waals surface area (Å²) in [4.78, 5) is 68.0. The molecule has 0 aliphatic heterocycles. The minimum absolute atomic E-state index is 0.0295. The molecule has 0 aliphatic carbocycles. The molecule has 0 bridgehead atoms. The normalized spacial score (nSPS) is 12.2. The monoisotopic (exact) mass is 804 g/mol. The van der Waals surface area contributed by atoms with Crippen LogP contribution in [0.25, 0.3) is 0 Å². The smallest absolute Gasteiger partial charge is 0.414 e. The van der Waals surface area contributed by atoms with Crippen molar-refractivity contribution in [1.29, 1.82) is 0 Å². The maximum atomic E-state index is 12.4. The highest BCUT2D eigenvalue weighted by molar-refractivity contribution is 6.01. The maximum absolute atomic E-state index is 12.4. The van der Waals surface area contributed by atoms with E-state index >= 15 is 0 Å². The Morgan fingerprint density at radius 2 is 1.11 bits per heavy atom. The first-order valence-corrected chi connectivity index (χ1v) is 20.4. The molecule has 15 heteroatoms. The number of hydrogen-bond donors (Lipinski definition) is 5. The summed E-state index contributed by atoms with van der Waals surface area (Å²) in [5, 5.41) is 13.6. The molecule has 15 nitrogen and oxygen atoms in total. The molecule has 0 radical (unpaired) electrons. The Morgan fingerprint density at radius 1 is 0.632 bits per heavy atom. The Bertz CT molecular complexity index is 1350. The third kappa shape index (κ3) is 30.4. The van der Waals surface area contributed by atoms with Gasteiger partial charge in [-0.3, -0.25) is 30.1 Å². The Morgan fingerprint density at radius 3 is 1.63 bits per heavy atom. The molecule has 0 saturated carbocycles. The molecule has 57 heavy (non-hydrogen) atoms. The maximum Gasteiger partial charge on any atom is 0.414 e. The largest absolute Gasteiger partial charge is 0.444 e. The highest BCUT2D eigenvalue weighted by Gasteiger charge is 2.22. The molecule has 0 fully saturated rings. The van der Waals surface area contributed by atoms with E-state index in [1.165, 1.54) is 5.56 Å². The molecule has 1 aromatic rings. The van der Waals surface area contributed by atoms with Crippen molar-refractivity contribution >= 4 is 36.1 Å². The van der Waals surface area contributed by atoms with Gasteiger partial charge in [0.25, 0.3) is 0 Å². The Labute approximate surface area is 341 Å². The molecule has 0 heterocycles. The fraction of sp³-hybridized carbons (Fsp3) is 0.714. The van der Waals surface area contributed by atoms with Gasteiger partial charge in [0.2, 0.25) is 17.8 Å². The lowest BCUT2D eigenvalue weighted by Gasteiger charge is -2.25. The molecule has 0 spiro atoms. The van der Waals surface area contributed by atoms with E-state index in [9.17, 15) is 24.0 Å². The zero-order valence-electron chi connectivity index (χ0n) is 36.4. The van der Waals surface area contributed by atoms with E-state index in [0.717, 1.165) is 77.4 Å². The van der Waals surface area contributed by atoms with Gasteiger partial charge in [0.05, 0.1) is 0 Å². The van der Waals surface area contributed by atoms with Crippen LogP contribution >= 0.6 is 0 Å². The van der Waals surface area contributed by atoms with Crippen molar-refractivity contribution in [2.24, 2.45) is 4.99 Å². The second-order valence-electron chi connectivity index (χ2n) is 17.3. The topological polar surface area (TPSA) is 189 Å². The lowest BCUT2D eigenvalue weighted by atomic mass is 10.1. The van der Waals surface area contributed by atoms with Gasteiger partial charge in [-0.2, -0.15) is 0 Å². The fourth-order valence-electron chi connectivity index (χ4n) is 5.30. The summed E-state index contributed by atoms with van der Waals surface area (Å²) >= 11 is 0. The van der Waals surface area contributed by atoms with E-state index in [4.69, 9.17) is 14.2 Å². The Hall–Kier alpha value is -4.40. The van der Waals surface area contributed by atoms with E-state index in [1.807, 2.05) is 45.9 Å². The van der Waals surface area contributed by atoms with Gasteiger partial charge in [-0.15, -0.1) is 0 Å². The molecular weight excluding hydrogens is 731 g/mol. The average Bonchev–Trinajstić information content (AvgIpc) is 3.05. The molecule has 5 amide bonds. The number of nitrogens with zero attached hydrogens (tertiary/aromatic N) is 2. The van der Waals surface area contributed by atoms with Gasteiger partial charge in [-0.25, -0.2) is 14.4 Å². The van der Waals surface area contributed by atoms with E-state index < -0.39 is 35.1 Å². The number of rotatable bonds is 22. The number of carbonyl (C=O) groups is 5. The number of nitrogens with one attached hydrogen (secondary N) is 5. The summed E-state index contributed by atoms with van der Waals surface area (Å²) in [6.07, 6.45) is 5.69. The standard InChI is InChI=1S/C42H73N7O8/c1-32(46-37(52)55-40(2,3)4)24-29-49(31-33-22-16-15-17-23-33)28-21-20-26-44-35(51)30-34(50)43-25-18-13-11-12-14-19-27-45-36(47-38(53)56-41(5,6)7)48-39(54)57-42(8,9)10/h15-17,22-23,32H,11-14,18-21,24-31H2,1-10H3,(H,43,50)(H,44,51)(H,46,52)(H2,45,47,48,53,54). The van der Waals surface area contributed by atoms with Crippen molar-refractivity contribution in [2.45, 2.75) is 163 Å². The molecule has 0 aliphatic rings. The van der Waals surface area contributed by atoms with Crippen molar-refractivity contribution in [3.8, 4) is 0 Å². The first kappa shape index (κ1) is 50.6. The van der Waals surface area contributed by atoms with Crippen LogP contribution < -0.4 is 26.6 Å². The number of ether oxygens (including phenoxy) is 3. The Kier molecular flexibility index (Phi) is 23.5. The van der Waals surface area contributed by atoms with Crippen LogP contribution in [0, 0.1) is 0 Å². The van der Waals surface area contributed by atoms with Crippen LogP contribution in [0.5, 0.6) is 0 Å². The molecule has 1 unspecified atom stereocenters. The number of hydrogen-bond acceptors (Lipinski definition) is 10. The van der Waals surface area contributed by atoms with E-state index in [-0.39, 0.29) is 30.2 Å². The van der Waals surface area contributed by atoms with Gasteiger partial charge >= 0.3 is 18.3 Å². The lowest BCUT2D eigenvalue weighted by molar-refractivity contribution is -0.129. The van der Waals surface area contributed by atoms with Crippen LogP contribution in [0.4, 0.5) is 14.4 Å². The lowest BCUT2D eigenvalue weighted by Crippen LogP contribution is -2.47. The first-order chi connectivity index (χ1) is 26.6. The van der Waals surface area contributed by atoms with Crippen LogP contribution in [-0.2, 0) is 30.3 Å². The third-order valence-corrected chi connectivity index (χ3v) is 7.85. The van der Waals surface area contributed by atoms with Gasteiger partial charge < -0.3 is 30.2 Å². The number of unbranched alkanes of at least 4 members (excludes halogenated alkanes) is 6. The van der Waals surface area contributed by atoms with Crippen molar-refractivity contribution in [3.05, 3.63) is 35.9 Å². The minimum atomic E-state index is -0.728. The number of guanidine groups is 1. The van der Waals surface area contributed by atoms with E-state index in [2.05, 4.69) is 48.6 Å². The summed E-state index contributed by atoms with van der Waals surface area (Å²) in [5.41, 5.74) is -0.753. The van der Waals surface area contributed by atoms with Gasteiger partial charge in [0.1, 0.15) is 23.2 Å². The van der Waals surface area contributed by atoms with Crippen molar-refractivity contribution in [1.82, 2.24) is 31.5 Å². The zero-order valence-corrected chi connectivity index (χ0v) is 36.4. The molecular formula is C42H73N7O8. The van der Waals surface area contributed by atoms with Crippen LogP contribution in [0.1, 0.15) is 139 Å². The van der Waals surface area contributed by atoms with Gasteiger partial charge in [0.15, 0.2) is 0 Å². The first-order valence-electron chi connectivity index (χ1n) is 20.4. The van der Waals surface area contributed by atoms with Crippen LogP contribution in [0.15, 0.2) is 35.3 Å². The van der Waals surface area contributed by atoms with Crippen molar-refractivity contribution in [2.75, 3.05) is 32.7 Å². The fourth-order valence-corrected chi connectivity index (χ4v) is 5.30. The third-order valence-electron chi connectivity index (χ3n) is 7.85. The zero-order chi connectivity index (χ0) is 42.9. The predicted molar refractivity (Wildman–Crippen MR) is 224 cm³/mol. The van der Waals surface area contributed by atoms with Gasteiger partial charge in [-0.05, 0) is 113 Å². The highest BCUT2D eigenvalue weighted by Crippen LogP contribution is 2.11. The minimum Gasteiger partial charge on any atom is -0.444 e. The average molecular weight is 804 g/mol. The van der Waals surface area contributed by atoms with E-state index in [1.54, 1.807) is 41.5 Å². The second kappa shape index (κ2) is 26.5. The van der Waals surface area contributed by atoms with E-state index in [0.29, 0.717) is 19.6 Å². The van der Waals surface area contributed by atoms with Crippen LogP contribution in [0.3, 0.4) is 0 Å². The summed E-state index contributed by atoms with van der Waals surface area (Å²) in [6.45, 7) is 21.8. The number of aliphatic imine (C=N–C) groups is 1. The number of benzene rings is 1. The molecule has 324 valence electrons. The molecule has 5 N–H and O–H groups in total. The predicted octanol–water partition coefficient (Wildman–Crippen LogP) is 6.94. The summed E-state index contributed by atoms with van der Waals surface area (Å²) in [7, 11) is 0. The Balaban J connectivity index is 2.29. The second-order valence-corrected chi connectivity index (χ2v) is 17.3. The molecule has 0 aromatic heterocycles. The molecule has 1 aromatic carbocycles. The molecule has 1 rings (SSSR count). The van der Waals surface area contributed by atoms with Crippen molar-refractivity contribution < 1.29 is 38.2 Å². The molecule has 1 atom stereocenters. The van der Waals surface area contributed by atoms with Crippen molar-refractivity contribution in [3.63, 3.8) is 0 Å². The number of amides is 5. The number of carbonyl (C=O) groups excluding carboxylic acids is 5. The quantitative estimate of drug-likeness (QED) is 0.0272. The number of alkyl carbamates (subject to hydrolysis) is 3. The summed E-state index contributed by atoms with van der Waals surface area (Å²) in [5.74, 6) is -0.605. The molecule has 0 saturated heterocycles. The SMILES string of the molecule is CC(CCN(CCCCNC(=O)CC(=O)NCCCCCCCCN=C(NC(=O)OC(C)(C)C)NC(=O)OC(C)(C)C)Cc1ccccc1)NC(=O)OC(C)(C)C. The van der Waals surface area contributed by atoms with Crippen LogP contribution in [-0.4, -0.2) is 96.5 Å². The highest BCUT2D eigenvalue weighted by atomic mass is 16.6.